The lowest BCUT2D eigenvalue weighted by atomic mass is 9.85. The van der Waals surface area contributed by atoms with Gasteiger partial charge in [0.2, 0.25) is 0 Å². The molecule has 2 nitrogen and oxygen atoms in total. The number of hydrogen-bond donors (Lipinski definition) is 1. The maximum Gasteiger partial charge on any atom is 0.0672 e. The van der Waals surface area contributed by atoms with Gasteiger partial charge in [0, 0.05) is 17.3 Å². The Balaban J connectivity index is 2.39. The van der Waals surface area contributed by atoms with E-state index in [1.807, 2.05) is 11.8 Å². The van der Waals surface area contributed by atoms with Crippen LogP contribution in [0, 0.1) is 17.2 Å². The quantitative estimate of drug-likeness (QED) is 0.800. The van der Waals surface area contributed by atoms with Gasteiger partial charge < -0.3 is 5.32 Å². The highest BCUT2D eigenvalue weighted by Crippen LogP contribution is 2.25. The van der Waals surface area contributed by atoms with Gasteiger partial charge in [-0.2, -0.15) is 17.0 Å². The monoisotopic (exact) mass is 226 g/mol. The van der Waals surface area contributed by atoms with Gasteiger partial charge in [-0.25, -0.2) is 0 Å². The lowest BCUT2D eigenvalue weighted by Gasteiger charge is -2.31. The Morgan fingerprint density at radius 2 is 2.07 bits per heavy atom. The summed E-state index contributed by atoms with van der Waals surface area (Å²) in [6.45, 7) is 5.49. The van der Waals surface area contributed by atoms with Crippen molar-refractivity contribution in [3.05, 3.63) is 0 Å². The summed E-state index contributed by atoms with van der Waals surface area (Å²) in [5.74, 6) is 0.233. The number of nitrogens with one attached hydrogen (secondary N) is 1. The van der Waals surface area contributed by atoms with Crippen LogP contribution in [-0.4, -0.2) is 23.6 Å². The topological polar surface area (TPSA) is 35.8 Å². The van der Waals surface area contributed by atoms with E-state index in [1.165, 1.54) is 19.3 Å². The molecule has 0 saturated heterocycles. The Morgan fingerprint density at radius 3 is 2.67 bits per heavy atom. The first-order valence-electron chi connectivity index (χ1n) is 5.77. The lowest BCUT2D eigenvalue weighted by molar-refractivity contribution is 0.307. The standard InChI is InChI=1S/C12H22N2S/c1-12(2,15-3)9-14-11-7-5-4-6-10(11)8-13/h10-11,14H,4-7,9H2,1-3H3. The molecule has 1 rings (SSSR count). The summed E-state index contributed by atoms with van der Waals surface area (Å²) in [5, 5.41) is 12.6. The first-order valence-corrected chi connectivity index (χ1v) is 7.00. The molecule has 1 fully saturated rings. The molecule has 1 aliphatic carbocycles. The zero-order valence-electron chi connectivity index (χ0n) is 10.0. The van der Waals surface area contributed by atoms with Gasteiger partial charge in [0.25, 0.3) is 0 Å². The van der Waals surface area contributed by atoms with Crippen molar-refractivity contribution in [1.82, 2.24) is 5.32 Å². The second-order valence-electron chi connectivity index (χ2n) is 4.97. The minimum Gasteiger partial charge on any atom is -0.311 e. The summed E-state index contributed by atoms with van der Waals surface area (Å²) in [5.41, 5.74) is 0. The van der Waals surface area contributed by atoms with E-state index in [1.54, 1.807) is 0 Å². The predicted octanol–water partition coefficient (Wildman–Crippen LogP) is 2.80. The van der Waals surface area contributed by atoms with Gasteiger partial charge in [-0.05, 0) is 32.9 Å². The number of nitrogens with zero attached hydrogens (tertiary/aromatic N) is 1. The van der Waals surface area contributed by atoms with E-state index in [9.17, 15) is 0 Å². The fourth-order valence-electron chi connectivity index (χ4n) is 1.98. The average molecular weight is 226 g/mol. The van der Waals surface area contributed by atoms with E-state index in [2.05, 4.69) is 31.5 Å². The molecule has 2 atom stereocenters. The number of thioether (sulfide) groups is 1. The summed E-state index contributed by atoms with van der Waals surface area (Å²) in [4.78, 5) is 0. The Hall–Kier alpha value is -0.200. The van der Waals surface area contributed by atoms with Crippen molar-refractivity contribution in [2.75, 3.05) is 12.8 Å². The van der Waals surface area contributed by atoms with E-state index in [4.69, 9.17) is 5.26 Å². The largest absolute Gasteiger partial charge is 0.311 e. The van der Waals surface area contributed by atoms with E-state index in [0.29, 0.717) is 6.04 Å². The Labute approximate surface area is 97.8 Å². The fourth-order valence-corrected chi connectivity index (χ4v) is 2.21. The Morgan fingerprint density at radius 1 is 1.40 bits per heavy atom. The van der Waals surface area contributed by atoms with Crippen molar-refractivity contribution < 1.29 is 0 Å². The third-order valence-corrected chi connectivity index (χ3v) is 4.52. The highest BCUT2D eigenvalue weighted by atomic mass is 32.2. The lowest BCUT2D eigenvalue weighted by Crippen LogP contribution is -2.43. The smallest absolute Gasteiger partial charge is 0.0672 e. The molecule has 0 aromatic rings. The van der Waals surface area contributed by atoms with Gasteiger partial charge in [-0.15, -0.1) is 0 Å². The molecule has 0 amide bonds. The predicted molar refractivity (Wildman–Crippen MR) is 67.0 cm³/mol. The maximum absolute atomic E-state index is 9.05. The normalized spacial score (nSPS) is 27.3. The molecular weight excluding hydrogens is 204 g/mol. The van der Waals surface area contributed by atoms with Crippen LogP contribution in [0.2, 0.25) is 0 Å². The van der Waals surface area contributed by atoms with Gasteiger partial charge in [-0.1, -0.05) is 12.8 Å². The molecule has 0 heterocycles. The molecule has 15 heavy (non-hydrogen) atoms. The van der Waals surface area contributed by atoms with Crippen LogP contribution in [0.3, 0.4) is 0 Å². The summed E-state index contributed by atoms with van der Waals surface area (Å²) in [7, 11) is 0. The first kappa shape index (κ1) is 12.9. The second kappa shape index (κ2) is 5.77. The van der Waals surface area contributed by atoms with Crippen molar-refractivity contribution >= 4 is 11.8 Å². The van der Waals surface area contributed by atoms with Gasteiger partial charge in [0.1, 0.15) is 0 Å². The zero-order valence-corrected chi connectivity index (χ0v) is 10.9. The molecule has 1 saturated carbocycles. The van der Waals surface area contributed by atoms with Crippen molar-refractivity contribution in [2.24, 2.45) is 5.92 Å². The molecule has 0 aromatic heterocycles. The van der Waals surface area contributed by atoms with Crippen LogP contribution in [0.15, 0.2) is 0 Å². The second-order valence-corrected chi connectivity index (χ2v) is 6.48. The molecule has 0 aromatic carbocycles. The molecule has 0 radical (unpaired) electrons. The van der Waals surface area contributed by atoms with Gasteiger partial charge in [0.05, 0.1) is 12.0 Å². The number of nitriles is 1. The van der Waals surface area contributed by atoms with E-state index in [-0.39, 0.29) is 10.7 Å². The van der Waals surface area contributed by atoms with Crippen molar-refractivity contribution in [3.63, 3.8) is 0 Å². The van der Waals surface area contributed by atoms with Crippen LogP contribution in [-0.2, 0) is 0 Å². The van der Waals surface area contributed by atoms with Crippen molar-refractivity contribution in [1.29, 1.82) is 5.26 Å². The van der Waals surface area contributed by atoms with Crippen LogP contribution in [0.5, 0.6) is 0 Å². The molecule has 86 valence electrons. The molecular formula is C12H22N2S. The van der Waals surface area contributed by atoms with Gasteiger partial charge >= 0.3 is 0 Å². The molecule has 1 aliphatic rings. The molecule has 0 spiro atoms. The summed E-state index contributed by atoms with van der Waals surface area (Å²) in [6, 6.07) is 2.87. The SMILES string of the molecule is CSC(C)(C)CNC1CCCCC1C#N. The van der Waals surface area contributed by atoms with Crippen LogP contribution < -0.4 is 5.32 Å². The van der Waals surface area contributed by atoms with Gasteiger partial charge in [0.15, 0.2) is 0 Å². The molecule has 2 unspecified atom stereocenters. The minimum atomic E-state index is 0.233. The highest BCUT2D eigenvalue weighted by Gasteiger charge is 2.26. The van der Waals surface area contributed by atoms with Crippen LogP contribution in [0.25, 0.3) is 0 Å². The highest BCUT2D eigenvalue weighted by molar-refractivity contribution is 7.99. The zero-order chi connectivity index (χ0) is 11.3. The molecule has 0 aliphatic heterocycles. The Kier molecular flexibility index (Phi) is 4.95. The van der Waals surface area contributed by atoms with E-state index < -0.39 is 0 Å². The van der Waals surface area contributed by atoms with Crippen LogP contribution >= 0.6 is 11.8 Å². The van der Waals surface area contributed by atoms with Gasteiger partial charge in [-0.3, -0.25) is 0 Å². The summed E-state index contributed by atoms with van der Waals surface area (Å²) >= 11 is 1.88. The average Bonchev–Trinajstić information content (AvgIpc) is 2.27. The maximum atomic E-state index is 9.05. The molecule has 3 heteroatoms. The van der Waals surface area contributed by atoms with Crippen molar-refractivity contribution in [2.45, 2.75) is 50.3 Å². The van der Waals surface area contributed by atoms with Crippen LogP contribution in [0.1, 0.15) is 39.5 Å². The number of hydrogen-bond acceptors (Lipinski definition) is 3. The third-order valence-electron chi connectivity index (χ3n) is 3.27. The first-order chi connectivity index (χ1) is 7.09. The summed E-state index contributed by atoms with van der Waals surface area (Å²) < 4.78 is 0.275. The molecule has 1 N–H and O–H groups in total. The van der Waals surface area contributed by atoms with E-state index >= 15 is 0 Å². The van der Waals surface area contributed by atoms with Crippen LogP contribution in [0.4, 0.5) is 0 Å². The minimum absolute atomic E-state index is 0.233. The Bertz CT molecular complexity index is 232. The molecule has 0 bridgehead atoms. The fraction of sp³-hybridized carbons (Fsp3) is 0.917. The summed E-state index contributed by atoms with van der Waals surface area (Å²) in [6.07, 6.45) is 6.89. The number of rotatable bonds is 4. The third kappa shape index (κ3) is 4.04. The van der Waals surface area contributed by atoms with E-state index in [0.717, 1.165) is 13.0 Å². The van der Waals surface area contributed by atoms with Crippen molar-refractivity contribution in [3.8, 4) is 6.07 Å².